The van der Waals surface area contributed by atoms with Crippen molar-refractivity contribution in [2.45, 2.75) is 12.8 Å². The molecule has 5 nitrogen and oxygen atoms in total. The van der Waals surface area contributed by atoms with Crippen LogP contribution in [0.3, 0.4) is 0 Å². The van der Waals surface area contributed by atoms with Crippen molar-refractivity contribution in [1.29, 1.82) is 0 Å². The summed E-state index contributed by atoms with van der Waals surface area (Å²) in [7, 11) is 1.39. The van der Waals surface area contributed by atoms with Gasteiger partial charge in [-0.25, -0.2) is 4.39 Å². The molecule has 2 aromatic carbocycles. The first-order valence-corrected chi connectivity index (χ1v) is 7.34. The second kappa shape index (κ2) is 7.94. The van der Waals surface area contributed by atoms with Crippen LogP contribution in [0.5, 0.6) is 17.2 Å². The molecule has 0 unspecified atom stereocenters. The molecule has 0 aliphatic carbocycles. The second-order valence-electron chi connectivity index (χ2n) is 5.13. The largest absolute Gasteiger partial charge is 0.573 e. The number of rotatable bonds is 7. The fraction of sp³-hybridized carbons (Fsp3) is 0.235. The minimum absolute atomic E-state index is 0.0169. The average molecular weight is 373 g/mol. The van der Waals surface area contributed by atoms with E-state index in [2.05, 4.69) is 4.74 Å². The van der Waals surface area contributed by atoms with Crippen LogP contribution in [0.15, 0.2) is 36.4 Å². The highest BCUT2D eigenvalue weighted by atomic mass is 19.4. The van der Waals surface area contributed by atoms with Crippen LogP contribution in [0.25, 0.3) is 0 Å². The molecule has 0 aromatic heterocycles. The molecule has 140 valence electrons. The van der Waals surface area contributed by atoms with Gasteiger partial charge in [0.05, 0.1) is 13.7 Å². The number of carbonyl (C=O) groups excluding carboxylic acids is 1. The minimum Gasteiger partial charge on any atom is -0.493 e. The third-order valence-corrected chi connectivity index (χ3v) is 3.33. The van der Waals surface area contributed by atoms with Crippen LogP contribution in [0.4, 0.5) is 17.6 Å². The zero-order chi connectivity index (χ0) is 19.3. The normalized spacial score (nSPS) is 11.1. The summed E-state index contributed by atoms with van der Waals surface area (Å²) in [4.78, 5) is 11.2. The highest BCUT2D eigenvalue weighted by Crippen LogP contribution is 2.29. The van der Waals surface area contributed by atoms with Crippen molar-refractivity contribution in [3.63, 3.8) is 0 Å². The molecule has 0 aliphatic rings. The number of hydrogen-bond acceptors (Lipinski definition) is 4. The van der Waals surface area contributed by atoms with E-state index in [4.69, 9.17) is 15.2 Å². The average Bonchev–Trinajstić information content (AvgIpc) is 2.56. The van der Waals surface area contributed by atoms with Crippen molar-refractivity contribution in [2.75, 3.05) is 13.7 Å². The number of hydrogen-bond donors (Lipinski definition) is 1. The zero-order valence-corrected chi connectivity index (χ0v) is 13.6. The molecule has 2 N–H and O–H groups in total. The summed E-state index contributed by atoms with van der Waals surface area (Å²) >= 11 is 0. The predicted octanol–water partition coefficient (Wildman–Crippen LogP) is 3.45. The predicted molar refractivity (Wildman–Crippen MR) is 83.8 cm³/mol. The van der Waals surface area contributed by atoms with Crippen LogP contribution in [0.2, 0.25) is 0 Å². The summed E-state index contributed by atoms with van der Waals surface area (Å²) in [5, 5.41) is 0. The van der Waals surface area contributed by atoms with Crippen LogP contribution in [0.1, 0.15) is 15.9 Å². The van der Waals surface area contributed by atoms with E-state index in [0.29, 0.717) is 5.75 Å². The number of alkyl halides is 3. The summed E-state index contributed by atoms with van der Waals surface area (Å²) in [6.45, 7) is -0.0784. The molecule has 2 aromatic rings. The third kappa shape index (κ3) is 5.27. The van der Waals surface area contributed by atoms with Gasteiger partial charge in [-0.05, 0) is 42.0 Å². The van der Waals surface area contributed by atoms with Gasteiger partial charge < -0.3 is 19.9 Å². The Bertz CT molecular complexity index is 793. The maximum atomic E-state index is 13.8. The first-order chi connectivity index (χ1) is 12.2. The van der Waals surface area contributed by atoms with Crippen molar-refractivity contribution in [3.8, 4) is 17.2 Å². The lowest BCUT2D eigenvalue weighted by Crippen LogP contribution is -2.17. The van der Waals surface area contributed by atoms with Crippen molar-refractivity contribution in [3.05, 3.63) is 53.3 Å². The third-order valence-electron chi connectivity index (χ3n) is 3.33. The van der Waals surface area contributed by atoms with Gasteiger partial charge in [0.2, 0.25) is 5.91 Å². The number of benzene rings is 2. The molecule has 26 heavy (non-hydrogen) atoms. The van der Waals surface area contributed by atoms with Gasteiger partial charge in [-0.1, -0.05) is 0 Å². The van der Waals surface area contributed by atoms with Crippen LogP contribution in [-0.2, 0) is 6.42 Å². The Morgan fingerprint density at radius 3 is 2.46 bits per heavy atom. The van der Waals surface area contributed by atoms with E-state index in [1.165, 1.54) is 25.3 Å². The Kier molecular flexibility index (Phi) is 5.91. The van der Waals surface area contributed by atoms with Gasteiger partial charge in [0.15, 0.2) is 11.5 Å². The van der Waals surface area contributed by atoms with Gasteiger partial charge in [-0.2, -0.15) is 0 Å². The Hall–Kier alpha value is -2.97. The molecule has 0 bridgehead atoms. The smallest absolute Gasteiger partial charge is 0.493 e. The van der Waals surface area contributed by atoms with Crippen LogP contribution in [0, 0.1) is 5.82 Å². The maximum Gasteiger partial charge on any atom is 0.573 e. The lowest BCUT2D eigenvalue weighted by molar-refractivity contribution is -0.274. The van der Waals surface area contributed by atoms with Gasteiger partial charge in [0.1, 0.15) is 11.6 Å². The molecular weight excluding hydrogens is 358 g/mol. The summed E-state index contributed by atoms with van der Waals surface area (Å²) in [6.07, 6.45) is -4.90. The number of primary amides is 1. The highest BCUT2D eigenvalue weighted by Gasteiger charge is 2.31. The van der Waals surface area contributed by atoms with Gasteiger partial charge >= 0.3 is 6.36 Å². The topological polar surface area (TPSA) is 70.8 Å². The zero-order valence-electron chi connectivity index (χ0n) is 13.6. The summed E-state index contributed by atoms with van der Waals surface area (Å²) < 4.78 is 64.8. The van der Waals surface area contributed by atoms with Gasteiger partial charge in [-0.15, -0.1) is 13.2 Å². The molecule has 0 radical (unpaired) electrons. The first-order valence-electron chi connectivity index (χ1n) is 7.34. The summed E-state index contributed by atoms with van der Waals surface area (Å²) in [6, 6.07) is 7.00. The fourth-order valence-corrected chi connectivity index (χ4v) is 2.15. The van der Waals surface area contributed by atoms with E-state index < -0.39 is 23.8 Å². The van der Waals surface area contributed by atoms with E-state index in [0.717, 1.165) is 18.2 Å². The van der Waals surface area contributed by atoms with Crippen molar-refractivity contribution >= 4 is 5.91 Å². The minimum atomic E-state index is -4.87. The molecule has 0 aliphatic heterocycles. The number of methoxy groups -OCH3 is 1. The molecule has 0 saturated carbocycles. The Labute approximate surface area is 146 Å². The Morgan fingerprint density at radius 1 is 1.12 bits per heavy atom. The molecule has 9 heteroatoms. The van der Waals surface area contributed by atoms with Gasteiger partial charge in [-0.3, -0.25) is 4.79 Å². The molecule has 1 amide bonds. The van der Waals surface area contributed by atoms with E-state index in [9.17, 15) is 22.4 Å². The SMILES string of the molecule is COc1ccc(C(N)=O)cc1OCCc1cc(OC(F)(F)F)ccc1F. The summed E-state index contributed by atoms with van der Waals surface area (Å²) in [5.41, 5.74) is 5.36. The monoisotopic (exact) mass is 373 g/mol. The molecule has 2 rings (SSSR count). The fourth-order valence-electron chi connectivity index (χ4n) is 2.15. The maximum absolute atomic E-state index is 13.8. The second-order valence-corrected chi connectivity index (χ2v) is 5.13. The number of halogens is 4. The lowest BCUT2D eigenvalue weighted by Gasteiger charge is -2.13. The van der Waals surface area contributed by atoms with Crippen molar-refractivity contribution < 1.29 is 36.6 Å². The van der Waals surface area contributed by atoms with E-state index in [1.54, 1.807) is 0 Å². The molecule has 0 heterocycles. The lowest BCUT2D eigenvalue weighted by atomic mass is 10.1. The van der Waals surface area contributed by atoms with E-state index >= 15 is 0 Å². The van der Waals surface area contributed by atoms with Crippen molar-refractivity contribution in [1.82, 2.24) is 0 Å². The highest BCUT2D eigenvalue weighted by molar-refractivity contribution is 5.93. The molecule has 0 fully saturated rings. The molecule has 0 atom stereocenters. The summed E-state index contributed by atoms with van der Waals surface area (Å²) in [5.74, 6) is -1.36. The quantitative estimate of drug-likeness (QED) is 0.755. The van der Waals surface area contributed by atoms with Gasteiger partial charge in [0, 0.05) is 12.0 Å². The van der Waals surface area contributed by atoms with Gasteiger partial charge in [0.25, 0.3) is 0 Å². The van der Waals surface area contributed by atoms with E-state index in [1.807, 2.05) is 0 Å². The molecule has 0 spiro atoms. The Morgan fingerprint density at radius 2 is 1.85 bits per heavy atom. The van der Waals surface area contributed by atoms with Crippen LogP contribution >= 0.6 is 0 Å². The standard InChI is InChI=1S/C17H15F4NO4/c1-24-14-5-2-11(16(22)23)9-15(14)25-7-6-10-8-12(3-4-13(10)18)26-17(19,20)21/h2-5,8-9H,6-7H2,1H3,(H2,22,23). The number of ether oxygens (including phenoxy) is 3. The first kappa shape index (κ1) is 19.4. The molecular formula is C17H15F4NO4. The number of carbonyl (C=O) groups is 1. The van der Waals surface area contributed by atoms with Crippen LogP contribution < -0.4 is 19.9 Å². The Balaban J connectivity index is 2.09. The van der Waals surface area contributed by atoms with E-state index in [-0.39, 0.29) is 29.9 Å². The van der Waals surface area contributed by atoms with Crippen molar-refractivity contribution in [2.24, 2.45) is 5.73 Å². The number of amides is 1. The molecule has 0 saturated heterocycles. The number of nitrogens with two attached hydrogens (primary N) is 1. The van der Waals surface area contributed by atoms with Crippen LogP contribution in [-0.4, -0.2) is 26.0 Å².